The number of carboxylic acids is 1. The molecule has 0 spiro atoms. The van der Waals surface area contributed by atoms with Crippen LogP contribution >= 0.6 is 0 Å². The minimum atomic E-state index is -0.750. The zero-order valence-electron chi connectivity index (χ0n) is 16.7. The Hall–Kier alpha value is -1.99. The van der Waals surface area contributed by atoms with Crippen LogP contribution in [0, 0.1) is 0 Å². The van der Waals surface area contributed by atoms with E-state index in [2.05, 4.69) is 9.78 Å². The summed E-state index contributed by atoms with van der Waals surface area (Å²) in [6.07, 6.45) is 23.5. The molecule has 0 aliphatic heterocycles. The number of carboxylic acid groups (broad SMARTS) is 1. The summed E-state index contributed by atoms with van der Waals surface area (Å²) in [6.45, 7) is 2.04. The Morgan fingerprint density at radius 3 is 1.89 bits per heavy atom. The lowest BCUT2D eigenvalue weighted by Crippen LogP contribution is -2.05. The highest BCUT2D eigenvalue weighted by atomic mass is 17.1. The van der Waals surface area contributed by atoms with E-state index in [0.717, 1.165) is 25.7 Å². The third-order valence-corrected chi connectivity index (χ3v) is 3.82. The Labute approximate surface area is 168 Å². The van der Waals surface area contributed by atoms with E-state index in [4.69, 9.17) is 15.6 Å². The maximum atomic E-state index is 10.4. The number of carbonyl (C=O) groups is 1. The van der Waals surface area contributed by atoms with Gasteiger partial charge in [0.25, 0.3) is 0 Å². The van der Waals surface area contributed by atoms with Crippen LogP contribution in [-0.4, -0.2) is 33.8 Å². The Kier molecular flexibility index (Phi) is 18.4. The highest BCUT2D eigenvalue weighted by molar-refractivity contribution is 5.66. The molecule has 6 nitrogen and oxygen atoms in total. The van der Waals surface area contributed by atoms with Crippen LogP contribution in [0.4, 0.5) is 0 Å². The largest absolute Gasteiger partial charge is 0.481 e. The minimum Gasteiger partial charge on any atom is -0.481 e. The summed E-state index contributed by atoms with van der Waals surface area (Å²) < 4.78 is 0. The molecule has 0 aliphatic carbocycles. The number of rotatable bonds is 17. The monoisotopic (exact) mass is 394 g/mol. The van der Waals surface area contributed by atoms with E-state index in [1.807, 2.05) is 31.2 Å². The van der Waals surface area contributed by atoms with Crippen LogP contribution in [0.5, 0.6) is 0 Å². The summed E-state index contributed by atoms with van der Waals surface area (Å²) in [4.78, 5) is 19.2. The quantitative estimate of drug-likeness (QED) is 0.0961. The van der Waals surface area contributed by atoms with E-state index in [0.29, 0.717) is 19.3 Å². The first-order valence-corrected chi connectivity index (χ1v) is 9.77. The van der Waals surface area contributed by atoms with Crippen molar-refractivity contribution in [3.8, 4) is 0 Å². The van der Waals surface area contributed by atoms with E-state index < -0.39 is 12.1 Å². The molecule has 0 aromatic heterocycles. The van der Waals surface area contributed by atoms with Crippen LogP contribution in [0.15, 0.2) is 60.8 Å². The van der Waals surface area contributed by atoms with Gasteiger partial charge < -0.3 is 5.11 Å². The zero-order valence-corrected chi connectivity index (χ0v) is 16.7. The molecule has 2 unspecified atom stereocenters. The molecule has 6 heteroatoms. The van der Waals surface area contributed by atoms with E-state index in [1.165, 1.54) is 0 Å². The van der Waals surface area contributed by atoms with Gasteiger partial charge in [-0.05, 0) is 38.5 Å². The molecule has 0 bridgehead atoms. The molecule has 28 heavy (non-hydrogen) atoms. The summed E-state index contributed by atoms with van der Waals surface area (Å²) in [5.41, 5.74) is 0. The number of aliphatic carboxylic acids is 1. The average Bonchev–Trinajstić information content (AvgIpc) is 2.69. The molecule has 0 fully saturated rings. The highest BCUT2D eigenvalue weighted by Gasteiger charge is 2.01. The summed E-state index contributed by atoms with van der Waals surface area (Å²) in [6, 6.07) is 0. The van der Waals surface area contributed by atoms with E-state index >= 15 is 0 Å². The van der Waals surface area contributed by atoms with Gasteiger partial charge >= 0.3 is 5.97 Å². The molecule has 0 saturated carbocycles. The summed E-state index contributed by atoms with van der Waals surface area (Å²) >= 11 is 0. The van der Waals surface area contributed by atoms with E-state index in [9.17, 15) is 4.79 Å². The fraction of sp³-hybridized carbons (Fsp3) is 0.500. The topological polar surface area (TPSA) is 96.2 Å². The normalized spacial score (nSPS) is 15.0. The standard InChI is InChI=1S/C22H34O6/c1-2-3-10-15-20(27-25)17-12-8-9-13-18-21(28-26)16-11-6-4-5-7-14-19-22(23)24/h3,6,8-13,17-18,20-21,25-26H,2,4-5,7,14-16,19H2,1H3,(H,23,24)/b9-8-,10-3-,11-6-,17-12+,18-13-. The van der Waals surface area contributed by atoms with Gasteiger partial charge in [0.2, 0.25) is 0 Å². The molecule has 0 aliphatic rings. The third kappa shape index (κ3) is 17.4. The Bertz CT molecular complexity index is 519. The van der Waals surface area contributed by atoms with E-state index in [1.54, 1.807) is 36.5 Å². The van der Waals surface area contributed by atoms with Crippen LogP contribution < -0.4 is 0 Å². The molecule has 0 amide bonds. The highest BCUT2D eigenvalue weighted by Crippen LogP contribution is 2.06. The van der Waals surface area contributed by atoms with E-state index in [-0.39, 0.29) is 12.5 Å². The minimum absolute atomic E-state index is 0.223. The molecule has 0 aromatic rings. The van der Waals surface area contributed by atoms with Crippen molar-refractivity contribution in [3.05, 3.63) is 60.8 Å². The van der Waals surface area contributed by atoms with Crippen molar-refractivity contribution in [2.24, 2.45) is 0 Å². The van der Waals surface area contributed by atoms with Gasteiger partial charge in [-0.3, -0.25) is 15.3 Å². The van der Waals surface area contributed by atoms with Gasteiger partial charge in [-0.1, -0.05) is 74.1 Å². The van der Waals surface area contributed by atoms with Gasteiger partial charge in [0.1, 0.15) is 12.2 Å². The van der Waals surface area contributed by atoms with Crippen LogP contribution in [0.2, 0.25) is 0 Å². The van der Waals surface area contributed by atoms with Gasteiger partial charge in [-0.25, -0.2) is 9.78 Å². The Morgan fingerprint density at radius 2 is 1.39 bits per heavy atom. The predicted molar refractivity (Wildman–Crippen MR) is 111 cm³/mol. The number of hydrogen-bond donors (Lipinski definition) is 3. The summed E-state index contributed by atoms with van der Waals surface area (Å²) in [5, 5.41) is 26.3. The molecular weight excluding hydrogens is 360 g/mol. The average molecular weight is 395 g/mol. The van der Waals surface area contributed by atoms with Crippen molar-refractivity contribution in [3.63, 3.8) is 0 Å². The predicted octanol–water partition coefficient (Wildman–Crippen LogP) is 5.71. The molecule has 158 valence electrons. The molecule has 3 N–H and O–H groups in total. The van der Waals surface area contributed by atoms with Gasteiger partial charge in [0, 0.05) is 6.42 Å². The van der Waals surface area contributed by atoms with Crippen LogP contribution in [-0.2, 0) is 14.6 Å². The lowest BCUT2D eigenvalue weighted by molar-refractivity contribution is -0.264. The number of hydrogen-bond acceptors (Lipinski definition) is 5. The molecule has 0 aromatic carbocycles. The van der Waals surface area contributed by atoms with Crippen LogP contribution in [0.3, 0.4) is 0 Å². The Morgan fingerprint density at radius 1 is 0.821 bits per heavy atom. The smallest absolute Gasteiger partial charge is 0.303 e. The number of unbranched alkanes of at least 4 members (excludes halogenated alkanes) is 3. The molecular formula is C22H34O6. The molecule has 0 rings (SSSR count). The molecule has 0 heterocycles. The third-order valence-electron chi connectivity index (χ3n) is 3.82. The molecule has 0 radical (unpaired) electrons. The second-order valence-electron chi connectivity index (χ2n) is 6.26. The van der Waals surface area contributed by atoms with Crippen molar-refractivity contribution in [1.29, 1.82) is 0 Å². The van der Waals surface area contributed by atoms with Crippen molar-refractivity contribution in [2.45, 2.75) is 70.5 Å². The Balaban J connectivity index is 4.05. The molecule has 0 saturated heterocycles. The fourth-order valence-corrected chi connectivity index (χ4v) is 2.28. The van der Waals surface area contributed by atoms with Gasteiger partial charge in [-0.2, -0.15) is 0 Å². The van der Waals surface area contributed by atoms with Crippen molar-refractivity contribution in [2.75, 3.05) is 0 Å². The van der Waals surface area contributed by atoms with Crippen LogP contribution in [0.1, 0.15) is 58.3 Å². The van der Waals surface area contributed by atoms with Gasteiger partial charge in [-0.15, -0.1) is 0 Å². The maximum absolute atomic E-state index is 10.4. The van der Waals surface area contributed by atoms with Crippen molar-refractivity contribution >= 4 is 5.97 Å². The van der Waals surface area contributed by atoms with Crippen molar-refractivity contribution < 1.29 is 30.2 Å². The second kappa shape index (κ2) is 19.8. The fourth-order valence-electron chi connectivity index (χ4n) is 2.28. The van der Waals surface area contributed by atoms with Gasteiger partial charge in [0.15, 0.2) is 0 Å². The lowest BCUT2D eigenvalue weighted by atomic mass is 10.1. The maximum Gasteiger partial charge on any atom is 0.303 e. The van der Waals surface area contributed by atoms with Gasteiger partial charge in [0.05, 0.1) is 0 Å². The zero-order chi connectivity index (χ0) is 20.9. The summed E-state index contributed by atoms with van der Waals surface area (Å²) in [5.74, 6) is -0.750. The SMILES string of the molecule is CC/C=C\CC(/C=C/C=C\C=C/C(C/C=C\CCCCCC(=O)O)OO)OO. The molecule has 2 atom stereocenters. The first-order chi connectivity index (χ1) is 13.6. The van der Waals surface area contributed by atoms with Crippen molar-refractivity contribution in [1.82, 2.24) is 0 Å². The second-order valence-corrected chi connectivity index (χ2v) is 6.26. The lowest BCUT2D eigenvalue weighted by Gasteiger charge is -2.04. The first kappa shape index (κ1) is 26.0. The number of allylic oxidation sites excluding steroid dienone is 6. The summed E-state index contributed by atoms with van der Waals surface area (Å²) in [7, 11) is 0. The van der Waals surface area contributed by atoms with Crippen LogP contribution in [0.25, 0.3) is 0 Å². The first-order valence-electron chi connectivity index (χ1n) is 9.77.